The number of methoxy groups -OCH3 is 1. The van der Waals surface area contributed by atoms with Gasteiger partial charge in [0.05, 0.1) is 25.3 Å². The molecule has 0 aliphatic carbocycles. The van der Waals surface area contributed by atoms with E-state index in [1.807, 2.05) is 17.0 Å². The molecule has 0 N–H and O–H groups in total. The van der Waals surface area contributed by atoms with Crippen molar-refractivity contribution >= 4 is 11.8 Å². The molecule has 2 amide bonds. The van der Waals surface area contributed by atoms with Crippen molar-refractivity contribution in [2.45, 2.75) is 51.1 Å². The number of likely N-dealkylation sites (tertiary alicyclic amines) is 1. The van der Waals surface area contributed by atoms with Gasteiger partial charge in [-0.3, -0.25) is 9.59 Å². The minimum absolute atomic E-state index is 0.0348. The van der Waals surface area contributed by atoms with Gasteiger partial charge in [0.25, 0.3) is 0 Å². The van der Waals surface area contributed by atoms with Crippen molar-refractivity contribution in [2.24, 2.45) is 11.8 Å². The van der Waals surface area contributed by atoms with Gasteiger partial charge in [0, 0.05) is 39.2 Å². The maximum absolute atomic E-state index is 13.4. The predicted molar refractivity (Wildman–Crippen MR) is 113 cm³/mol. The van der Waals surface area contributed by atoms with Gasteiger partial charge in [-0.05, 0) is 56.8 Å². The van der Waals surface area contributed by atoms with Gasteiger partial charge >= 0.3 is 0 Å². The number of fused-ring (bicyclic) bond motifs is 1. The van der Waals surface area contributed by atoms with Crippen molar-refractivity contribution in [3.05, 3.63) is 24.2 Å². The maximum Gasteiger partial charge on any atom is 0.228 e. The molecule has 0 saturated carbocycles. The highest BCUT2D eigenvalue weighted by Crippen LogP contribution is 2.32. The number of piperidine rings is 2. The summed E-state index contributed by atoms with van der Waals surface area (Å²) >= 11 is 0. The van der Waals surface area contributed by atoms with Gasteiger partial charge in [-0.2, -0.15) is 0 Å². The van der Waals surface area contributed by atoms with Crippen molar-refractivity contribution < 1.29 is 18.7 Å². The van der Waals surface area contributed by atoms with Crippen LogP contribution in [0.25, 0.3) is 0 Å². The van der Waals surface area contributed by atoms with Gasteiger partial charge in [0.1, 0.15) is 5.76 Å². The molecule has 1 aromatic heterocycles. The number of amides is 2. The van der Waals surface area contributed by atoms with Crippen molar-refractivity contribution in [3.8, 4) is 0 Å². The molecule has 7 heteroatoms. The molecule has 3 fully saturated rings. The number of rotatable bonds is 8. The molecule has 4 rings (SSSR count). The molecule has 3 atom stereocenters. The lowest BCUT2D eigenvalue weighted by molar-refractivity contribution is -0.137. The van der Waals surface area contributed by atoms with Gasteiger partial charge < -0.3 is 23.9 Å². The first-order valence-corrected chi connectivity index (χ1v) is 11.5. The normalized spacial score (nSPS) is 27.3. The maximum atomic E-state index is 13.4. The fraction of sp³-hybridized carbons (Fsp3) is 0.739. The average molecular weight is 418 g/mol. The number of carbonyl (C=O) groups is 2. The Morgan fingerprint density at radius 1 is 1.27 bits per heavy atom. The topological polar surface area (TPSA) is 66.2 Å². The van der Waals surface area contributed by atoms with E-state index in [0.717, 1.165) is 12.3 Å². The number of furan rings is 1. The van der Waals surface area contributed by atoms with Crippen LogP contribution < -0.4 is 0 Å². The fourth-order valence-electron chi connectivity index (χ4n) is 5.51. The van der Waals surface area contributed by atoms with Crippen LogP contribution in [0.1, 0.15) is 44.3 Å². The third-order valence-corrected chi connectivity index (χ3v) is 7.05. The van der Waals surface area contributed by atoms with Crippen LogP contribution >= 0.6 is 0 Å². The highest BCUT2D eigenvalue weighted by molar-refractivity contribution is 5.89. The van der Waals surface area contributed by atoms with E-state index in [2.05, 4.69) is 4.90 Å². The predicted octanol–water partition coefficient (Wildman–Crippen LogP) is 2.37. The second-order valence-corrected chi connectivity index (χ2v) is 9.03. The quantitative estimate of drug-likeness (QED) is 0.650. The minimum atomic E-state index is -0.268. The number of carbonyl (C=O) groups excluding carboxylic acids is 2. The van der Waals surface area contributed by atoms with Gasteiger partial charge in [-0.25, -0.2) is 0 Å². The Balaban J connectivity index is 1.40. The van der Waals surface area contributed by atoms with Crippen molar-refractivity contribution in [3.63, 3.8) is 0 Å². The lowest BCUT2D eigenvalue weighted by atomic mass is 9.83. The Kier molecular flexibility index (Phi) is 7.10. The van der Waals surface area contributed by atoms with E-state index < -0.39 is 0 Å². The van der Waals surface area contributed by atoms with E-state index in [4.69, 9.17) is 9.15 Å². The van der Waals surface area contributed by atoms with E-state index in [1.54, 1.807) is 18.3 Å². The standard InChI is InChI=1S/C23H35N3O4/c1-29-13-11-25(15-18-6-4-10-24-9-3-2-8-21(18)24)23(28)19-14-22(27)26(16-19)17-20-7-5-12-30-20/h5,7,12,18-19,21H,2-4,6,8-11,13-17H2,1H3/t18-,19?,21+/m0/s1. The highest BCUT2D eigenvalue weighted by atomic mass is 16.5. The summed E-state index contributed by atoms with van der Waals surface area (Å²) in [6, 6.07) is 4.29. The summed E-state index contributed by atoms with van der Waals surface area (Å²) in [5, 5.41) is 0. The molecule has 3 aliphatic rings. The lowest BCUT2D eigenvalue weighted by Gasteiger charge is -2.46. The summed E-state index contributed by atoms with van der Waals surface area (Å²) in [6.45, 7) is 5.23. The van der Waals surface area contributed by atoms with Gasteiger partial charge in [-0.15, -0.1) is 0 Å². The molecule has 166 valence electrons. The van der Waals surface area contributed by atoms with E-state index in [-0.39, 0.29) is 17.7 Å². The van der Waals surface area contributed by atoms with Crippen LogP contribution in [-0.2, 0) is 20.9 Å². The third-order valence-electron chi connectivity index (χ3n) is 7.05. The zero-order valence-electron chi connectivity index (χ0n) is 18.1. The summed E-state index contributed by atoms with van der Waals surface area (Å²) in [5.41, 5.74) is 0. The van der Waals surface area contributed by atoms with Crippen molar-refractivity contribution in [1.82, 2.24) is 14.7 Å². The Labute approximate surface area is 179 Å². The van der Waals surface area contributed by atoms with Crippen LogP contribution in [-0.4, -0.2) is 79.0 Å². The van der Waals surface area contributed by atoms with Crippen LogP contribution in [0.15, 0.2) is 22.8 Å². The Hall–Kier alpha value is -1.86. The van der Waals surface area contributed by atoms with Crippen molar-refractivity contribution in [1.29, 1.82) is 0 Å². The third kappa shape index (κ3) is 4.89. The number of hydrogen-bond donors (Lipinski definition) is 0. The first kappa shape index (κ1) is 21.4. The minimum Gasteiger partial charge on any atom is -0.467 e. The Bertz CT molecular complexity index is 705. The molecule has 0 bridgehead atoms. The van der Waals surface area contributed by atoms with Crippen LogP contribution in [0, 0.1) is 11.8 Å². The largest absolute Gasteiger partial charge is 0.467 e. The SMILES string of the molecule is COCCN(C[C@@H]1CCCN2CCCC[C@H]12)C(=O)C1CC(=O)N(Cc2ccco2)C1. The number of hydrogen-bond acceptors (Lipinski definition) is 5. The van der Waals surface area contributed by atoms with Crippen LogP contribution in [0.5, 0.6) is 0 Å². The van der Waals surface area contributed by atoms with Crippen LogP contribution in [0.3, 0.4) is 0 Å². The molecule has 3 aliphatic heterocycles. The monoisotopic (exact) mass is 417 g/mol. The summed E-state index contributed by atoms with van der Waals surface area (Å²) in [5.74, 6) is 1.15. The second kappa shape index (κ2) is 9.96. The molecule has 0 radical (unpaired) electrons. The summed E-state index contributed by atoms with van der Waals surface area (Å²) in [4.78, 5) is 32.3. The van der Waals surface area contributed by atoms with Crippen LogP contribution in [0.2, 0.25) is 0 Å². The molecule has 1 aromatic rings. The number of nitrogens with zero attached hydrogens (tertiary/aromatic N) is 3. The van der Waals surface area contributed by atoms with Gasteiger partial charge in [0.15, 0.2) is 0 Å². The first-order chi connectivity index (χ1) is 14.7. The van der Waals surface area contributed by atoms with Gasteiger partial charge in [0.2, 0.25) is 11.8 Å². The molecule has 1 unspecified atom stereocenters. The molecule has 0 spiro atoms. The molecule has 3 saturated heterocycles. The summed E-state index contributed by atoms with van der Waals surface area (Å²) in [7, 11) is 1.68. The van der Waals surface area contributed by atoms with E-state index >= 15 is 0 Å². The fourth-order valence-corrected chi connectivity index (χ4v) is 5.51. The first-order valence-electron chi connectivity index (χ1n) is 11.5. The smallest absolute Gasteiger partial charge is 0.228 e. The second-order valence-electron chi connectivity index (χ2n) is 9.03. The summed E-state index contributed by atoms with van der Waals surface area (Å²) < 4.78 is 10.7. The van der Waals surface area contributed by atoms with Crippen LogP contribution in [0.4, 0.5) is 0 Å². The van der Waals surface area contributed by atoms with E-state index in [9.17, 15) is 9.59 Å². The zero-order valence-corrected chi connectivity index (χ0v) is 18.1. The Morgan fingerprint density at radius 2 is 2.13 bits per heavy atom. The average Bonchev–Trinajstić information content (AvgIpc) is 3.41. The lowest BCUT2D eigenvalue weighted by Crippen LogP contribution is -2.52. The molecule has 4 heterocycles. The highest BCUT2D eigenvalue weighted by Gasteiger charge is 2.39. The van der Waals surface area contributed by atoms with E-state index in [0.29, 0.717) is 44.6 Å². The molecule has 7 nitrogen and oxygen atoms in total. The number of ether oxygens (including phenoxy) is 1. The molecular formula is C23H35N3O4. The van der Waals surface area contributed by atoms with Gasteiger partial charge in [-0.1, -0.05) is 6.42 Å². The summed E-state index contributed by atoms with van der Waals surface area (Å²) in [6.07, 6.45) is 8.15. The Morgan fingerprint density at radius 3 is 2.93 bits per heavy atom. The molecule has 30 heavy (non-hydrogen) atoms. The van der Waals surface area contributed by atoms with Crippen molar-refractivity contribution in [2.75, 3.05) is 46.4 Å². The van der Waals surface area contributed by atoms with E-state index in [1.165, 1.54) is 45.2 Å². The molecule has 0 aromatic carbocycles. The zero-order chi connectivity index (χ0) is 20.9. The molecular weight excluding hydrogens is 382 g/mol.